The van der Waals surface area contributed by atoms with Crippen LogP contribution < -0.4 is 4.90 Å². The number of halogens is 1. The topological polar surface area (TPSA) is 87.6 Å². The molecular weight excluding hydrogens is 443 g/mol. The van der Waals surface area contributed by atoms with Gasteiger partial charge in [-0.3, -0.25) is 19.3 Å². The Labute approximate surface area is 193 Å². The van der Waals surface area contributed by atoms with Crippen LogP contribution in [0, 0.1) is 12.7 Å². The van der Waals surface area contributed by atoms with E-state index < -0.39 is 29.3 Å². The van der Waals surface area contributed by atoms with Crippen LogP contribution in [-0.2, 0) is 9.59 Å². The van der Waals surface area contributed by atoms with E-state index in [1.165, 1.54) is 42.2 Å². The highest BCUT2D eigenvalue weighted by Crippen LogP contribution is 2.43. The number of aliphatic hydroxyl groups is 1. The third-order valence-electron chi connectivity index (χ3n) is 5.20. The Morgan fingerprint density at radius 1 is 1.12 bits per heavy atom. The van der Waals surface area contributed by atoms with Crippen molar-refractivity contribution in [2.75, 3.05) is 4.90 Å². The highest BCUT2D eigenvalue weighted by atomic mass is 32.1. The van der Waals surface area contributed by atoms with Crippen molar-refractivity contribution in [3.8, 4) is 0 Å². The summed E-state index contributed by atoms with van der Waals surface area (Å²) in [6.07, 6.45) is 2.86. The number of ketones is 2. The van der Waals surface area contributed by atoms with Gasteiger partial charge in [0.2, 0.25) is 0 Å². The number of carbonyl (C=O) groups is 3. The Balaban J connectivity index is 1.80. The third kappa shape index (κ3) is 4.25. The van der Waals surface area contributed by atoms with Crippen molar-refractivity contribution in [1.29, 1.82) is 0 Å². The zero-order valence-corrected chi connectivity index (χ0v) is 18.6. The highest BCUT2D eigenvalue weighted by molar-refractivity contribution is 7.17. The van der Waals surface area contributed by atoms with E-state index in [1.807, 2.05) is 30.3 Å². The second-order valence-electron chi connectivity index (χ2n) is 7.47. The average Bonchev–Trinajstić information content (AvgIpc) is 3.31. The van der Waals surface area contributed by atoms with Gasteiger partial charge >= 0.3 is 0 Å². The van der Waals surface area contributed by atoms with Crippen molar-refractivity contribution in [2.24, 2.45) is 0 Å². The van der Waals surface area contributed by atoms with Gasteiger partial charge in [-0.15, -0.1) is 0 Å². The fourth-order valence-corrected chi connectivity index (χ4v) is 4.64. The predicted molar refractivity (Wildman–Crippen MR) is 124 cm³/mol. The first-order valence-electron chi connectivity index (χ1n) is 10.1. The van der Waals surface area contributed by atoms with E-state index in [2.05, 4.69) is 4.98 Å². The van der Waals surface area contributed by atoms with Crippen molar-refractivity contribution in [1.82, 2.24) is 4.98 Å². The minimum atomic E-state index is -1.03. The molecule has 0 fully saturated rings. The number of amides is 1. The molecule has 0 aliphatic carbocycles. The molecule has 1 N–H and O–H groups in total. The summed E-state index contributed by atoms with van der Waals surface area (Å²) in [6.45, 7) is 3.04. The van der Waals surface area contributed by atoms with Gasteiger partial charge in [0.25, 0.3) is 5.91 Å². The average molecular weight is 463 g/mol. The molecule has 3 aromatic rings. The van der Waals surface area contributed by atoms with E-state index in [0.29, 0.717) is 16.1 Å². The summed E-state index contributed by atoms with van der Waals surface area (Å²) in [5.74, 6) is -2.78. The quantitative estimate of drug-likeness (QED) is 0.413. The van der Waals surface area contributed by atoms with Gasteiger partial charge in [0.05, 0.1) is 22.2 Å². The van der Waals surface area contributed by atoms with Gasteiger partial charge in [-0.1, -0.05) is 59.9 Å². The minimum absolute atomic E-state index is 0.143. The first-order chi connectivity index (χ1) is 15.8. The van der Waals surface area contributed by atoms with E-state index in [-0.39, 0.29) is 16.5 Å². The van der Waals surface area contributed by atoms with Crippen LogP contribution in [0.25, 0.3) is 6.08 Å². The summed E-state index contributed by atoms with van der Waals surface area (Å²) in [6, 6.07) is 13.4. The lowest BCUT2D eigenvalue weighted by Gasteiger charge is -2.24. The molecule has 2 aromatic carbocycles. The molecule has 4 rings (SSSR count). The molecule has 33 heavy (non-hydrogen) atoms. The number of aromatic nitrogens is 1. The van der Waals surface area contributed by atoms with E-state index in [9.17, 15) is 23.9 Å². The van der Waals surface area contributed by atoms with Gasteiger partial charge in [-0.2, -0.15) is 0 Å². The van der Waals surface area contributed by atoms with Gasteiger partial charge in [0.15, 0.2) is 22.5 Å². The van der Waals surface area contributed by atoms with E-state index >= 15 is 0 Å². The fraction of sp³-hybridized carbons (Fsp3) is 0.120. The SMILES string of the molecule is CC(=O)c1sc(N2C(=O)C(O)=C(C(=O)C=Cc3ccccc3)C2c2ccc(F)cc2)nc1C. The Morgan fingerprint density at radius 3 is 2.39 bits per heavy atom. The Morgan fingerprint density at radius 2 is 1.79 bits per heavy atom. The van der Waals surface area contributed by atoms with E-state index in [0.717, 1.165) is 16.9 Å². The highest BCUT2D eigenvalue weighted by Gasteiger charge is 2.45. The Kier molecular flexibility index (Phi) is 6.02. The monoisotopic (exact) mass is 462 g/mol. The van der Waals surface area contributed by atoms with Crippen LogP contribution in [0.2, 0.25) is 0 Å². The van der Waals surface area contributed by atoms with Crippen LogP contribution in [0.5, 0.6) is 0 Å². The third-order valence-corrected chi connectivity index (χ3v) is 6.45. The van der Waals surface area contributed by atoms with Crippen LogP contribution in [0.15, 0.2) is 72.0 Å². The summed E-state index contributed by atoms with van der Waals surface area (Å²) in [4.78, 5) is 44.1. The lowest BCUT2D eigenvalue weighted by Crippen LogP contribution is -2.30. The number of allylic oxidation sites excluding steroid dienone is 1. The Bertz CT molecular complexity index is 1310. The number of hydrogen-bond acceptors (Lipinski definition) is 6. The number of rotatable bonds is 6. The van der Waals surface area contributed by atoms with E-state index in [4.69, 9.17) is 0 Å². The van der Waals surface area contributed by atoms with Gasteiger partial charge < -0.3 is 5.11 Å². The van der Waals surface area contributed by atoms with Gasteiger partial charge in [-0.05, 0) is 36.3 Å². The maximum Gasteiger partial charge on any atom is 0.296 e. The molecule has 1 atom stereocenters. The standard InChI is InChI=1S/C25H19FN2O4S/c1-14-23(15(2)29)33-25(27-14)28-21(17-9-11-18(26)12-10-17)20(22(31)24(28)32)19(30)13-8-16-6-4-3-5-7-16/h3-13,21,31H,1-2H3. The van der Waals surface area contributed by atoms with Gasteiger partial charge in [0.1, 0.15) is 5.82 Å². The minimum Gasteiger partial charge on any atom is -0.503 e. The molecule has 0 saturated carbocycles. The zero-order valence-electron chi connectivity index (χ0n) is 17.8. The number of aryl methyl sites for hydroxylation is 1. The van der Waals surface area contributed by atoms with Gasteiger partial charge in [-0.25, -0.2) is 9.37 Å². The number of thiazole rings is 1. The number of aliphatic hydroxyl groups excluding tert-OH is 1. The molecule has 166 valence electrons. The van der Waals surface area contributed by atoms with Crippen molar-refractivity contribution in [3.05, 3.63) is 99.5 Å². The molecule has 8 heteroatoms. The second kappa shape index (κ2) is 8.91. The van der Waals surface area contributed by atoms with Crippen molar-refractivity contribution < 1.29 is 23.9 Å². The molecular formula is C25H19FN2O4S. The van der Waals surface area contributed by atoms with E-state index in [1.54, 1.807) is 13.0 Å². The van der Waals surface area contributed by atoms with Crippen LogP contribution >= 0.6 is 11.3 Å². The molecule has 0 radical (unpaired) electrons. The Hall–Kier alpha value is -3.91. The van der Waals surface area contributed by atoms with Crippen LogP contribution in [0.1, 0.15) is 39.5 Å². The molecule has 2 heterocycles. The summed E-state index contributed by atoms with van der Waals surface area (Å²) in [5, 5.41) is 10.9. The predicted octanol–water partition coefficient (Wildman–Crippen LogP) is 4.98. The number of nitrogens with zero attached hydrogens (tertiary/aromatic N) is 2. The van der Waals surface area contributed by atoms with Crippen molar-refractivity contribution in [2.45, 2.75) is 19.9 Å². The molecule has 1 aliphatic rings. The lowest BCUT2D eigenvalue weighted by molar-refractivity contribution is -0.117. The summed E-state index contributed by atoms with van der Waals surface area (Å²) >= 11 is 0.999. The number of benzene rings is 2. The molecule has 6 nitrogen and oxygen atoms in total. The number of carbonyl (C=O) groups excluding carboxylic acids is 3. The molecule has 1 aliphatic heterocycles. The first kappa shape index (κ1) is 22.3. The molecule has 0 bridgehead atoms. The largest absolute Gasteiger partial charge is 0.503 e. The fourth-order valence-electron chi connectivity index (χ4n) is 3.65. The molecule has 0 spiro atoms. The van der Waals surface area contributed by atoms with Crippen LogP contribution in [0.3, 0.4) is 0 Å². The normalized spacial score (nSPS) is 16.2. The number of hydrogen-bond donors (Lipinski definition) is 1. The molecule has 1 unspecified atom stereocenters. The lowest BCUT2D eigenvalue weighted by atomic mass is 9.95. The summed E-state index contributed by atoms with van der Waals surface area (Å²) in [7, 11) is 0. The first-order valence-corrected chi connectivity index (χ1v) is 10.9. The van der Waals surface area contributed by atoms with Crippen LogP contribution in [0.4, 0.5) is 9.52 Å². The molecule has 0 saturated heterocycles. The number of anilines is 1. The molecule has 1 amide bonds. The number of Topliss-reactive ketones (excluding diaryl/α,β-unsaturated/α-hetero) is 1. The summed E-state index contributed by atoms with van der Waals surface area (Å²) < 4.78 is 13.6. The summed E-state index contributed by atoms with van der Waals surface area (Å²) in [5.41, 5.74) is 1.49. The van der Waals surface area contributed by atoms with Crippen LogP contribution in [-0.4, -0.2) is 27.6 Å². The maximum atomic E-state index is 13.6. The van der Waals surface area contributed by atoms with Crippen molar-refractivity contribution in [3.63, 3.8) is 0 Å². The van der Waals surface area contributed by atoms with Crippen molar-refractivity contribution >= 4 is 40.0 Å². The maximum absolute atomic E-state index is 13.6. The van der Waals surface area contributed by atoms with Gasteiger partial charge in [0, 0.05) is 6.92 Å². The zero-order chi connectivity index (χ0) is 23.7. The smallest absolute Gasteiger partial charge is 0.296 e. The molecule has 1 aromatic heterocycles. The second-order valence-corrected chi connectivity index (χ2v) is 8.44.